The lowest BCUT2D eigenvalue weighted by atomic mass is 10.0. The van der Waals surface area contributed by atoms with Gasteiger partial charge in [0.2, 0.25) is 0 Å². The Morgan fingerprint density at radius 1 is 0.329 bits per heavy atom. The maximum absolute atomic E-state index is 12.9. The Kier molecular flexibility index (Phi) is 57.9. The summed E-state index contributed by atoms with van der Waals surface area (Å²) in [5.41, 5.74) is 0. The van der Waals surface area contributed by atoms with Gasteiger partial charge >= 0.3 is 11.9 Å². The molecule has 0 aromatic rings. The highest BCUT2D eigenvalue weighted by Crippen LogP contribution is 2.16. The topological polar surface area (TPSA) is 61.8 Å². The zero-order valence-electron chi connectivity index (χ0n) is 46.5. The van der Waals surface area contributed by atoms with Crippen molar-refractivity contribution in [3.63, 3.8) is 0 Å². The molecule has 0 aromatic heterocycles. The lowest BCUT2D eigenvalue weighted by Gasteiger charge is -2.18. The fraction of sp³-hybridized carbons (Fsp3) is 0.754. The van der Waals surface area contributed by atoms with Gasteiger partial charge in [0, 0.05) is 19.4 Å². The van der Waals surface area contributed by atoms with E-state index in [4.69, 9.17) is 14.2 Å². The van der Waals surface area contributed by atoms with Crippen LogP contribution in [0.15, 0.2) is 85.1 Å². The van der Waals surface area contributed by atoms with E-state index in [-0.39, 0.29) is 25.2 Å². The fourth-order valence-electron chi connectivity index (χ4n) is 8.45. The summed E-state index contributed by atoms with van der Waals surface area (Å²) < 4.78 is 17.5. The molecule has 404 valence electrons. The van der Waals surface area contributed by atoms with E-state index in [0.717, 1.165) is 89.9 Å². The third-order valence-electron chi connectivity index (χ3n) is 12.9. The Hall–Kier alpha value is -2.92. The quantitative estimate of drug-likeness (QED) is 0.0345. The highest BCUT2D eigenvalue weighted by atomic mass is 16.6. The van der Waals surface area contributed by atoms with Gasteiger partial charge in [-0.3, -0.25) is 9.59 Å². The van der Waals surface area contributed by atoms with Crippen molar-refractivity contribution in [3.8, 4) is 0 Å². The summed E-state index contributed by atoms with van der Waals surface area (Å²) in [6.45, 7) is 7.69. The Balaban J connectivity index is 4.31. The first kappa shape index (κ1) is 67.1. The summed E-state index contributed by atoms with van der Waals surface area (Å²) in [7, 11) is 0. The van der Waals surface area contributed by atoms with Crippen LogP contribution in [0.1, 0.15) is 290 Å². The zero-order chi connectivity index (χ0) is 50.6. The van der Waals surface area contributed by atoms with Crippen molar-refractivity contribution < 1.29 is 23.8 Å². The van der Waals surface area contributed by atoms with Crippen LogP contribution in [0.5, 0.6) is 0 Å². The molecular weight excluding hydrogens is 861 g/mol. The number of ether oxygens (including phenoxy) is 3. The summed E-state index contributed by atoms with van der Waals surface area (Å²) in [4.78, 5) is 25.6. The standard InChI is InChI=1S/C65H114O5/c1-4-7-10-13-16-19-22-25-28-30-32-34-36-39-42-45-48-51-54-57-60-68-61-63(70-65(67)59-56-53-50-47-44-41-37-27-24-21-18-15-12-9-6-3)62-69-64(66)58-55-52-49-46-43-40-38-35-33-31-29-26-23-20-17-14-11-8-5-2/h7,10,16-17,19-20,25-26,28-29,32-35,63H,4-6,8-9,11-15,18,21-24,27,30-31,36-62H2,1-3H3/b10-7-,19-16-,20-17-,28-25-,29-26-,34-32-,35-33-. The van der Waals surface area contributed by atoms with Crippen LogP contribution < -0.4 is 0 Å². The number of carbonyl (C=O) groups is 2. The molecule has 0 aliphatic rings. The van der Waals surface area contributed by atoms with Crippen LogP contribution >= 0.6 is 0 Å². The number of esters is 2. The molecule has 0 rings (SSSR count). The van der Waals surface area contributed by atoms with Gasteiger partial charge in [-0.2, -0.15) is 0 Å². The van der Waals surface area contributed by atoms with Crippen molar-refractivity contribution in [3.05, 3.63) is 85.1 Å². The zero-order valence-corrected chi connectivity index (χ0v) is 46.5. The van der Waals surface area contributed by atoms with Crippen LogP contribution in [0.3, 0.4) is 0 Å². The van der Waals surface area contributed by atoms with Crippen molar-refractivity contribution in [1.29, 1.82) is 0 Å². The molecule has 0 amide bonds. The molecule has 70 heavy (non-hydrogen) atoms. The molecular formula is C65H114O5. The summed E-state index contributed by atoms with van der Waals surface area (Å²) >= 11 is 0. The molecule has 5 heteroatoms. The Morgan fingerprint density at radius 2 is 0.643 bits per heavy atom. The average molecular weight is 976 g/mol. The molecule has 0 fully saturated rings. The van der Waals surface area contributed by atoms with E-state index in [1.54, 1.807) is 0 Å². The molecule has 1 atom stereocenters. The van der Waals surface area contributed by atoms with E-state index >= 15 is 0 Å². The van der Waals surface area contributed by atoms with Crippen molar-refractivity contribution >= 4 is 11.9 Å². The fourth-order valence-corrected chi connectivity index (χ4v) is 8.45. The molecule has 5 nitrogen and oxygen atoms in total. The molecule has 1 unspecified atom stereocenters. The summed E-state index contributed by atoms with van der Waals surface area (Å²) in [6.07, 6.45) is 80.3. The minimum absolute atomic E-state index is 0.0732. The maximum Gasteiger partial charge on any atom is 0.306 e. The summed E-state index contributed by atoms with van der Waals surface area (Å²) in [6, 6.07) is 0. The van der Waals surface area contributed by atoms with Gasteiger partial charge in [-0.05, 0) is 96.3 Å². The summed E-state index contributed by atoms with van der Waals surface area (Å²) in [5, 5.41) is 0. The predicted octanol–water partition coefficient (Wildman–Crippen LogP) is 20.8. The van der Waals surface area contributed by atoms with Crippen LogP contribution in [-0.2, 0) is 23.8 Å². The van der Waals surface area contributed by atoms with E-state index in [2.05, 4.69) is 106 Å². The normalized spacial score (nSPS) is 12.8. The molecule has 0 bridgehead atoms. The SMILES string of the molecule is CC/C=C\C/C=C\C/C=C\C/C=C\CCCCCCCCCOCC(COC(=O)CCCCCCCC/C=C\C/C=C\C/C=C\CCCCC)OC(=O)CCCCCCCCCCCCCCCCC. The van der Waals surface area contributed by atoms with Gasteiger partial charge in [-0.15, -0.1) is 0 Å². The van der Waals surface area contributed by atoms with Crippen LogP contribution in [0, 0.1) is 0 Å². The van der Waals surface area contributed by atoms with Crippen molar-refractivity contribution in [2.24, 2.45) is 0 Å². The van der Waals surface area contributed by atoms with E-state index < -0.39 is 6.10 Å². The predicted molar refractivity (Wildman–Crippen MR) is 307 cm³/mol. The Bertz CT molecular complexity index is 1290. The largest absolute Gasteiger partial charge is 0.462 e. The molecule has 0 saturated carbocycles. The Morgan fingerprint density at radius 3 is 1.06 bits per heavy atom. The number of rotatable bonds is 55. The number of allylic oxidation sites excluding steroid dienone is 14. The molecule has 0 radical (unpaired) electrons. The second-order valence-electron chi connectivity index (χ2n) is 19.9. The van der Waals surface area contributed by atoms with E-state index in [1.165, 1.54) is 167 Å². The second-order valence-corrected chi connectivity index (χ2v) is 19.9. The Labute approximate surface area is 435 Å². The van der Waals surface area contributed by atoms with Crippen molar-refractivity contribution in [2.45, 2.75) is 297 Å². The highest BCUT2D eigenvalue weighted by molar-refractivity contribution is 5.70. The maximum atomic E-state index is 12.9. The molecule has 0 heterocycles. The first-order valence-corrected chi connectivity index (χ1v) is 30.1. The lowest BCUT2D eigenvalue weighted by Crippen LogP contribution is -2.30. The highest BCUT2D eigenvalue weighted by Gasteiger charge is 2.17. The van der Waals surface area contributed by atoms with Gasteiger partial charge in [0.05, 0.1) is 6.61 Å². The first-order chi connectivity index (χ1) is 34.6. The number of hydrogen-bond donors (Lipinski definition) is 0. The van der Waals surface area contributed by atoms with E-state index in [0.29, 0.717) is 19.4 Å². The number of hydrogen-bond acceptors (Lipinski definition) is 5. The molecule has 0 aliphatic carbocycles. The van der Waals surface area contributed by atoms with Crippen molar-refractivity contribution in [2.75, 3.05) is 19.8 Å². The molecule has 0 aromatic carbocycles. The van der Waals surface area contributed by atoms with Gasteiger partial charge in [-0.1, -0.05) is 266 Å². The third kappa shape index (κ3) is 57.7. The van der Waals surface area contributed by atoms with Crippen LogP contribution in [0.25, 0.3) is 0 Å². The molecule has 0 saturated heterocycles. The molecule has 0 N–H and O–H groups in total. The second kappa shape index (κ2) is 60.4. The van der Waals surface area contributed by atoms with Crippen molar-refractivity contribution in [1.82, 2.24) is 0 Å². The van der Waals surface area contributed by atoms with E-state index in [1.807, 2.05) is 0 Å². The minimum Gasteiger partial charge on any atom is -0.462 e. The first-order valence-electron chi connectivity index (χ1n) is 30.1. The van der Waals surface area contributed by atoms with Gasteiger partial charge in [0.15, 0.2) is 6.10 Å². The van der Waals surface area contributed by atoms with E-state index in [9.17, 15) is 9.59 Å². The van der Waals surface area contributed by atoms with Gasteiger partial charge in [0.25, 0.3) is 0 Å². The minimum atomic E-state index is -0.551. The van der Waals surface area contributed by atoms with Gasteiger partial charge in [-0.25, -0.2) is 0 Å². The average Bonchev–Trinajstić information content (AvgIpc) is 3.36. The third-order valence-corrected chi connectivity index (χ3v) is 12.9. The lowest BCUT2D eigenvalue weighted by molar-refractivity contribution is -0.163. The van der Waals surface area contributed by atoms with Crippen LogP contribution in [0.2, 0.25) is 0 Å². The van der Waals surface area contributed by atoms with Crippen LogP contribution in [0.4, 0.5) is 0 Å². The number of unbranched alkanes of at least 4 members (excludes halogenated alkanes) is 30. The summed E-state index contributed by atoms with van der Waals surface area (Å²) in [5.74, 6) is -0.408. The number of carbonyl (C=O) groups excluding carboxylic acids is 2. The molecule has 0 spiro atoms. The smallest absolute Gasteiger partial charge is 0.306 e. The van der Waals surface area contributed by atoms with Crippen LogP contribution in [-0.4, -0.2) is 37.9 Å². The van der Waals surface area contributed by atoms with Gasteiger partial charge < -0.3 is 14.2 Å². The molecule has 0 aliphatic heterocycles. The van der Waals surface area contributed by atoms with Gasteiger partial charge in [0.1, 0.15) is 6.61 Å². The monoisotopic (exact) mass is 975 g/mol.